The summed E-state index contributed by atoms with van der Waals surface area (Å²) in [7, 11) is 3.96. The van der Waals surface area contributed by atoms with E-state index in [-0.39, 0.29) is 24.0 Å². The van der Waals surface area contributed by atoms with E-state index < -0.39 is 4.92 Å². The smallest absolute Gasteiger partial charge is 0.273 e. The standard InChI is InChI=1S/C20H21N5O4/c1-23(2)16-8-6-15(7-9-16)13-24-19(10-11-21-24)22-20(26)14-29-18-5-3-4-17(12-18)25(27)28/h3-12H,13-14H2,1-2H3,(H,22,26). The summed E-state index contributed by atoms with van der Waals surface area (Å²) in [5.41, 5.74) is 2.05. The molecular weight excluding hydrogens is 374 g/mol. The highest BCUT2D eigenvalue weighted by atomic mass is 16.6. The Morgan fingerprint density at radius 2 is 1.97 bits per heavy atom. The van der Waals surface area contributed by atoms with Crippen molar-refractivity contribution < 1.29 is 14.5 Å². The molecule has 29 heavy (non-hydrogen) atoms. The van der Waals surface area contributed by atoms with Crippen molar-refractivity contribution in [1.82, 2.24) is 9.78 Å². The number of ether oxygens (including phenoxy) is 1. The molecule has 0 saturated carbocycles. The number of non-ortho nitro benzene ring substituents is 1. The molecule has 3 aromatic rings. The number of nitro groups is 1. The van der Waals surface area contributed by atoms with Gasteiger partial charge in [0.25, 0.3) is 11.6 Å². The van der Waals surface area contributed by atoms with Crippen LogP contribution in [0.4, 0.5) is 17.2 Å². The lowest BCUT2D eigenvalue weighted by Crippen LogP contribution is -2.22. The maximum absolute atomic E-state index is 12.2. The number of nitrogens with one attached hydrogen (secondary N) is 1. The molecule has 1 heterocycles. The maximum atomic E-state index is 12.2. The molecule has 150 valence electrons. The Morgan fingerprint density at radius 3 is 2.66 bits per heavy atom. The zero-order valence-electron chi connectivity index (χ0n) is 16.1. The summed E-state index contributed by atoms with van der Waals surface area (Å²) < 4.78 is 7.03. The highest BCUT2D eigenvalue weighted by Gasteiger charge is 2.11. The van der Waals surface area contributed by atoms with Crippen molar-refractivity contribution in [1.29, 1.82) is 0 Å². The summed E-state index contributed by atoms with van der Waals surface area (Å²) in [4.78, 5) is 24.5. The third-order valence-corrected chi connectivity index (χ3v) is 4.17. The zero-order chi connectivity index (χ0) is 20.8. The Labute approximate surface area is 167 Å². The molecule has 0 aliphatic heterocycles. The molecule has 0 aliphatic rings. The summed E-state index contributed by atoms with van der Waals surface area (Å²) in [6.07, 6.45) is 1.60. The van der Waals surface area contributed by atoms with Crippen LogP contribution in [0.3, 0.4) is 0 Å². The van der Waals surface area contributed by atoms with Gasteiger partial charge in [-0.2, -0.15) is 5.10 Å². The van der Waals surface area contributed by atoms with E-state index in [9.17, 15) is 14.9 Å². The molecule has 9 heteroatoms. The summed E-state index contributed by atoms with van der Waals surface area (Å²) >= 11 is 0. The van der Waals surface area contributed by atoms with Crippen LogP contribution in [0.2, 0.25) is 0 Å². The van der Waals surface area contributed by atoms with Crippen LogP contribution in [0.25, 0.3) is 0 Å². The second-order valence-electron chi connectivity index (χ2n) is 6.53. The van der Waals surface area contributed by atoms with Crippen LogP contribution in [-0.2, 0) is 11.3 Å². The van der Waals surface area contributed by atoms with Crippen LogP contribution in [0.5, 0.6) is 5.75 Å². The molecule has 0 bridgehead atoms. The van der Waals surface area contributed by atoms with E-state index in [0.717, 1.165) is 11.3 Å². The van der Waals surface area contributed by atoms with Gasteiger partial charge in [-0.15, -0.1) is 0 Å². The third kappa shape index (κ3) is 5.32. The molecular formula is C20H21N5O4. The SMILES string of the molecule is CN(C)c1ccc(Cn2nccc2NC(=O)COc2cccc([N+](=O)[O-])c2)cc1. The number of benzene rings is 2. The lowest BCUT2D eigenvalue weighted by Gasteiger charge is -2.13. The number of anilines is 2. The van der Waals surface area contributed by atoms with Gasteiger partial charge in [-0.25, -0.2) is 4.68 Å². The first-order valence-corrected chi connectivity index (χ1v) is 8.87. The van der Waals surface area contributed by atoms with Crippen LogP contribution in [0.1, 0.15) is 5.56 Å². The number of hydrogen-bond donors (Lipinski definition) is 1. The lowest BCUT2D eigenvalue weighted by molar-refractivity contribution is -0.384. The van der Waals surface area contributed by atoms with Gasteiger partial charge in [0.2, 0.25) is 0 Å². The molecule has 0 spiro atoms. The molecule has 0 atom stereocenters. The van der Waals surface area contributed by atoms with Crippen molar-refractivity contribution in [3.05, 3.63) is 76.5 Å². The summed E-state index contributed by atoms with van der Waals surface area (Å²) in [5, 5.41) is 17.8. The maximum Gasteiger partial charge on any atom is 0.273 e. The Kier molecular flexibility index (Phi) is 6.08. The fraction of sp³-hybridized carbons (Fsp3) is 0.200. The first-order chi connectivity index (χ1) is 13.9. The molecule has 3 rings (SSSR count). The predicted molar refractivity (Wildman–Crippen MR) is 109 cm³/mol. The fourth-order valence-electron chi connectivity index (χ4n) is 2.65. The van der Waals surface area contributed by atoms with Crippen LogP contribution in [0.15, 0.2) is 60.8 Å². The van der Waals surface area contributed by atoms with Gasteiger partial charge in [-0.05, 0) is 23.8 Å². The van der Waals surface area contributed by atoms with Gasteiger partial charge in [0.1, 0.15) is 11.6 Å². The van der Waals surface area contributed by atoms with Crippen LogP contribution in [-0.4, -0.2) is 41.3 Å². The average molecular weight is 395 g/mol. The number of carbonyl (C=O) groups is 1. The minimum Gasteiger partial charge on any atom is -0.484 e. The van der Waals surface area contributed by atoms with Crippen molar-refractivity contribution in [2.24, 2.45) is 0 Å². The molecule has 9 nitrogen and oxygen atoms in total. The van der Waals surface area contributed by atoms with Gasteiger partial charge in [-0.1, -0.05) is 18.2 Å². The third-order valence-electron chi connectivity index (χ3n) is 4.17. The number of nitro benzene ring substituents is 1. The van der Waals surface area contributed by atoms with Gasteiger partial charge < -0.3 is 15.0 Å². The van der Waals surface area contributed by atoms with Crippen LogP contribution < -0.4 is 15.0 Å². The molecule has 1 amide bonds. The Morgan fingerprint density at radius 1 is 1.21 bits per heavy atom. The minimum absolute atomic E-state index is 0.0960. The number of amides is 1. The van der Waals surface area contributed by atoms with E-state index >= 15 is 0 Å². The summed E-state index contributed by atoms with van der Waals surface area (Å²) in [6, 6.07) is 15.4. The van der Waals surface area contributed by atoms with Gasteiger partial charge in [0.05, 0.1) is 23.7 Å². The Balaban J connectivity index is 1.58. The Bertz CT molecular complexity index is 998. The normalized spacial score (nSPS) is 10.4. The second kappa shape index (κ2) is 8.87. The second-order valence-corrected chi connectivity index (χ2v) is 6.53. The van der Waals surface area contributed by atoms with E-state index in [0.29, 0.717) is 12.4 Å². The van der Waals surface area contributed by atoms with E-state index in [2.05, 4.69) is 10.4 Å². The number of rotatable bonds is 8. The molecule has 0 aliphatic carbocycles. The van der Waals surface area contributed by atoms with Crippen molar-refractivity contribution in [2.75, 3.05) is 30.9 Å². The number of hydrogen-bond acceptors (Lipinski definition) is 6. The highest BCUT2D eigenvalue weighted by Crippen LogP contribution is 2.19. The molecule has 0 radical (unpaired) electrons. The van der Waals surface area contributed by atoms with Gasteiger partial charge >= 0.3 is 0 Å². The predicted octanol–water partition coefficient (Wildman–Crippen LogP) is 2.92. The monoisotopic (exact) mass is 395 g/mol. The molecule has 1 aromatic heterocycles. The minimum atomic E-state index is -0.517. The first kappa shape index (κ1) is 19.9. The van der Waals surface area contributed by atoms with Crippen LogP contribution >= 0.6 is 0 Å². The van der Waals surface area contributed by atoms with E-state index in [1.54, 1.807) is 23.0 Å². The zero-order valence-corrected chi connectivity index (χ0v) is 16.1. The van der Waals surface area contributed by atoms with Gasteiger partial charge in [0, 0.05) is 31.9 Å². The summed E-state index contributed by atoms with van der Waals surface area (Å²) in [6.45, 7) is 0.228. The molecule has 0 fully saturated rings. The fourth-order valence-corrected chi connectivity index (χ4v) is 2.65. The van der Waals surface area contributed by atoms with E-state index in [1.165, 1.54) is 18.2 Å². The van der Waals surface area contributed by atoms with E-state index in [4.69, 9.17) is 4.74 Å². The number of nitrogens with zero attached hydrogens (tertiary/aromatic N) is 4. The van der Waals surface area contributed by atoms with E-state index in [1.807, 2.05) is 43.3 Å². The quantitative estimate of drug-likeness (QED) is 0.465. The molecule has 0 saturated heterocycles. The number of aromatic nitrogens is 2. The van der Waals surface area contributed by atoms with Crippen molar-refractivity contribution in [3.63, 3.8) is 0 Å². The van der Waals surface area contributed by atoms with Crippen molar-refractivity contribution in [2.45, 2.75) is 6.54 Å². The van der Waals surface area contributed by atoms with Gasteiger partial charge in [-0.3, -0.25) is 14.9 Å². The van der Waals surface area contributed by atoms with Crippen LogP contribution in [0, 0.1) is 10.1 Å². The molecule has 1 N–H and O–H groups in total. The number of carbonyl (C=O) groups excluding carboxylic acids is 1. The largest absolute Gasteiger partial charge is 0.484 e. The van der Waals surface area contributed by atoms with Gasteiger partial charge in [0.15, 0.2) is 6.61 Å². The summed E-state index contributed by atoms with van der Waals surface area (Å²) in [5.74, 6) is 0.402. The molecule has 0 unspecified atom stereocenters. The van der Waals surface area contributed by atoms with Crippen molar-refractivity contribution >= 4 is 23.1 Å². The van der Waals surface area contributed by atoms with Crippen molar-refractivity contribution in [3.8, 4) is 5.75 Å². The molecule has 2 aromatic carbocycles. The topological polar surface area (TPSA) is 103 Å². The first-order valence-electron chi connectivity index (χ1n) is 8.87. The highest BCUT2D eigenvalue weighted by molar-refractivity contribution is 5.91. The lowest BCUT2D eigenvalue weighted by atomic mass is 10.2. The Hall–Kier alpha value is -3.88. The average Bonchev–Trinajstić information content (AvgIpc) is 3.13.